The molecule has 2 aromatic rings. The van der Waals surface area contributed by atoms with Crippen LogP contribution >= 0.6 is 0 Å². The first kappa shape index (κ1) is 23.0. The maximum atomic E-state index is 13.5. The standard InChI is InChI=1S/C20H22F3N3O4S/c1-25(2)18-4-3-14(31(29,30)26-7-5-13(27)6-8-26)11-15(18)20(28)24-12-9-16(21)19(23)17(22)10-12/h3-4,9-11,13,27H,5-8H2,1-2H3,(H,24,28). The number of hydrogen-bond acceptors (Lipinski definition) is 5. The normalized spacial score (nSPS) is 15.7. The van der Waals surface area contributed by atoms with E-state index < -0.39 is 39.5 Å². The second-order valence-electron chi connectivity index (χ2n) is 7.42. The van der Waals surface area contributed by atoms with Crippen LogP contribution in [-0.4, -0.2) is 57.0 Å². The number of nitrogens with one attached hydrogen (secondary N) is 1. The van der Waals surface area contributed by atoms with Crippen molar-refractivity contribution >= 4 is 27.3 Å². The molecule has 0 bridgehead atoms. The lowest BCUT2D eigenvalue weighted by molar-refractivity contribution is 0.102. The average molecular weight is 457 g/mol. The second-order valence-corrected chi connectivity index (χ2v) is 9.35. The smallest absolute Gasteiger partial charge is 0.257 e. The molecular formula is C20H22F3N3O4S. The summed E-state index contributed by atoms with van der Waals surface area (Å²) < 4.78 is 67.3. The van der Waals surface area contributed by atoms with Gasteiger partial charge in [0.2, 0.25) is 10.0 Å². The molecule has 0 unspecified atom stereocenters. The van der Waals surface area contributed by atoms with Gasteiger partial charge in [0, 0.05) is 50.7 Å². The highest BCUT2D eigenvalue weighted by molar-refractivity contribution is 7.89. The third kappa shape index (κ3) is 4.83. The van der Waals surface area contributed by atoms with Gasteiger partial charge in [-0.15, -0.1) is 0 Å². The predicted molar refractivity (Wildman–Crippen MR) is 109 cm³/mol. The van der Waals surface area contributed by atoms with Crippen LogP contribution < -0.4 is 10.2 Å². The number of piperidine rings is 1. The van der Waals surface area contributed by atoms with Crippen molar-refractivity contribution in [1.82, 2.24) is 4.31 Å². The molecule has 2 aromatic carbocycles. The Balaban J connectivity index is 1.96. The monoisotopic (exact) mass is 457 g/mol. The lowest BCUT2D eigenvalue weighted by Gasteiger charge is -2.29. The lowest BCUT2D eigenvalue weighted by atomic mass is 10.1. The van der Waals surface area contributed by atoms with Crippen LogP contribution in [0, 0.1) is 17.5 Å². The van der Waals surface area contributed by atoms with Crippen LogP contribution in [0.5, 0.6) is 0 Å². The summed E-state index contributed by atoms with van der Waals surface area (Å²) >= 11 is 0. The van der Waals surface area contributed by atoms with Gasteiger partial charge in [0.1, 0.15) is 0 Å². The van der Waals surface area contributed by atoms with E-state index in [0.717, 1.165) is 0 Å². The Morgan fingerprint density at radius 2 is 1.68 bits per heavy atom. The molecule has 0 atom stereocenters. The summed E-state index contributed by atoms with van der Waals surface area (Å²) in [6, 6.07) is 5.26. The maximum Gasteiger partial charge on any atom is 0.257 e. The number of nitrogens with zero attached hydrogens (tertiary/aromatic N) is 2. The van der Waals surface area contributed by atoms with Crippen LogP contribution in [0.4, 0.5) is 24.5 Å². The number of benzene rings is 2. The summed E-state index contributed by atoms with van der Waals surface area (Å²) in [5, 5.41) is 11.9. The largest absolute Gasteiger partial charge is 0.393 e. The highest BCUT2D eigenvalue weighted by Crippen LogP contribution is 2.28. The molecule has 0 aliphatic carbocycles. The molecule has 1 saturated heterocycles. The zero-order valence-electron chi connectivity index (χ0n) is 16.9. The van der Waals surface area contributed by atoms with Gasteiger partial charge in [0.05, 0.1) is 16.6 Å². The minimum atomic E-state index is -3.92. The van der Waals surface area contributed by atoms with E-state index in [1.54, 1.807) is 19.0 Å². The summed E-state index contributed by atoms with van der Waals surface area (Å²) in [6.45, 7) is 0.295. The van der Waals surface area contributed by atoms with Gasteiger partial charge in [-0.1, -0.05) is 0 Å². The summed E-state index contributed by atoms with van der Waals surface area (Å²) in [6.07, 6.45) is 0.0640. The van der Waals surface area contributed by atoms with Gasteiger partial charge in [-0.3, -0.25) is 4.79 Å². The summed E-state index contributed by atoms with van der Waals surface area (Å²) in [4.78, 5) is 14.3. The second kappa shape index (κ2) is 8.85. The molecule has 1 aliphatic rings. The molecule has 0 spiro atoms. The van der Waals surface area contributed by atoms with Crippen molar-refractivity contribution in [2.45, 2.75) is 23.8 Å². The van der Waals surface area contributed by atoms with Gasteiger partial charge in [-0.25, -0.2) is 21.6 Å². The fraction of sp³-hybridized carbons (Fsp3) is 0.350. The Hall–Kier alpha value is -2.63. The molecule has 1 fully saturated rings. The maximum absolute atomic E-state index is 13.5. The number of anilines is 2. The van der Waals surface area contributed by atoms with Crippen molar-refractivity contribution in [2.24, 2.45) is 0 Å². The number of hydrogen-bond donors (Lipinski definition) is 2. The van der Waals surface area contributed by atoms with Crippen LogP contribution in [0.3, 0.4) is 0 Å². The molecule has 1 aliphatic heterocycles. The van der Waals surface area contributed by atoms with E-state index >= 15 is 0 Å². The molecular weight excluding hydrogens is 435 g/mol. The van der Waals surface area contributed by atoms with E-state index in [1.807, 2.05) is 0 Å². The molecule has 1 amide bonds. The number of aliphatic hydroxyl groups excluding tert-OH is 1. The summed E-state index contributed by atoms with van der Waals surface area (Å²) in [7, 11) is -0.637. The van der Waals surface area contributed by atoms with Gasteiger partial charge >= 0.3 is 0 Å². The van der Waals surface area contributed by atoms with E-state index in [9.17, 15) is 31.5 Å². The number of sulfonamides is 1. The highest BCUT2D eigenvalue weighted by atomic mass is 32.2. The molecule has 0 saturated carbocycles. The van der Waals surface area contributed by atoms with Crippen molar-refractivity contribution in [3.8, 4) is 0 Å². The summed E-state index contributed by atoms with van der Waals surface area (Å²) in [5.74, 6) is -5.41. The number of halogens is 3. The molecule has 3 rings (SSSR count). The van der Waals surface area contributed by atoms with Gasteiger partial charge < -0.3 is 15.3 Å². The Morgan fingerprint density at radius 3 is 2.23 bits per heavy atom. The Morgan fingerprint density at radius 1 is 1.10 bits per heavy atom. The van der Waals surface area contributed by atoms with Crippen molar-refractivity contribution in [2.75, 3.05) is 37.4 Å². The Labute approximate surface area is 178 Å². The molecule has 1 heterocycles. The fourth-order valence-corrected chi connectivity index (χ4v) is 4.80. The van der Waals surface area contributed by atoms with Gasteiger partial charge in [0.25, 0.3) is 5.91 Å². The van der Waals surface area contributed by atoms with Gasteiger partial charge in [-0.2, -0.15) is 4.31 Å². The number of rotatable bonds is 5. The zero-order valence-corrected chi connectivity index (χ0v) is 17.7. The van der Waals surface area contributed by atoms with Crippen LogP contribution in [0.25, 0.3) is 0 Å². The van der Waals surface area contributed by atoms with E-state index in [1.165, 1.54) is 22.5 Å². The molecule has 168 valence electrons. The number of carbonyl (C=O) groups is 1. The Bertz CT molecular complexity index is 1080. The fourth-order valence-electron chi connectivity index (χ4n) is 3.31. The van der Waals surface area contributed by atoms with Crippen LogP contribution in [-0.2, 0) is 10.0 Å². The first-order chi connectivity index (χ1) is 14.5. The zero-order chi connectivity index (χ0) is 22.9. The molecule has 7 nitrogen and oxygen atoms in total. The number of amides is 1. The molecule has 0 radical (unpaired) electrons. The lowest BCUT2D eigenvalue weighted by Crippen LogP contribution is -2.40. The summed E-state index contributed by atoms with van der Waals surface area (Å²) in [5.41, 5.74) is 0.00576. The highest BCUT2D eigenvalue weighted by Gasteiger charge is 2.30. The van der Waals surface area contributed by atoms with Gasteiger partial charge in [-0.05, 0) is 31.0 Å². The third-order valence-corrected chi connectivity index (χ3v) is 6.89. The minimum Gasteiger partial charge on any atom is -0.393 e. The first-order valence-electron chi connectivity index (χ1n) is 9.46. The van der Waals surface area contributed by atoms with Crippen molar-refractivity contribution < 1.29 is 31.5 Å². The Kier molecular flexibility index (Phi) is 6.58. The SMILES string of the molecule is CN(C)c1ccc(S(=O)(=O)N2CCC(O)CC2)cc1C(=O)Nc1cc(F)c(F)c(F)c1. The van der Waals surface area contributed by atoms with Crippen molar-refractivity contribution in [3.05, 3.63) is 53.3 Å². The van der Waals surface area contributed by atoms with Crippen molar-refractivity contribution in [3.63, 3.8) is 0 Å². The average Bonchev–Trinajstić information content (AvgIpc) is 2.71. The number of aliphatic hydroxyl groups is 1. The molecule has 0 aromatic heterocycles. The predicted octanol–water partition coefficient (Wildman–Crippen LogP) is 2.57. The van der Waals surface area contributed by atoms with Crippen LogP contribution in [0.1, 0.15) is 23.2 Å². The van der Waals surface area contributed by atoms with Gasteiger partial charge in [0.15, 0.2) is 17.5 Å². The quantitative estimate of drug-likeness (QED) is 0.674. The van der Waals surface area contributed by atoms with E-state index in [4.69, 9.17) is 0 Å². The first-order valence-corrected chi connectivity index (χ1v) is 10.9. The molecule has 31 heavy (non-hydrogen) atoms. The molecule has 2 N–H and O–H groups in total. The van der Waals surface area contributed by atoms with Crippen LogP contribution in [0.15, 0.2) is 35.2 Å². The van der Waals surface area contributed by atoms with E-state index in [-0.39, 0.29) is 29.2 Å². The number of carbonyl (C=O) groups excluding carboxylic acids is 1. The van der Waals surface area contributed by atoms with Crippen LogP contribution in [0.2, 0.25) is 0 Å². The third-order valence-electron chi connectivity index (χ3n) is 5.00. The van der Waals surface area contributed by atoms with Crippen molar-refractivity contribution in [1.29, 1.82) is 0 Å². The minimum absolute atomic E-state index is 0.0479. The van der Waals surface area contributed by atoms with E-state index in [0.29, 0.717) is 30.7 Å². The van der Waals surface area contributed by atoms with E-state index in [2.05, 4.69) is 5.32 Å². The topological polar surface area (TPSA) is 90.0 Å². The molecule has 11 heteroatoms.